The van der Waals surface area contributed by atoms with Crippen LogP contribution in [0, 0.1) is 13.8 Å². The molecule has 4 rings (SSSR count). The zero-order chi connectivity index (χ0) is 20.2. The van der Waals surface area contributed by atoms with E-state index in [9.17, 15) is 4.79 Å². The van der Waals surface area contributed by atoms with Crippen molar-refractivity contribution in [1.82, 2.24) is 5.32 Å². The highest BCUT2D eigenvalue weighted by atomic mass is 32.2. The molecule has 1 atom stereocenters. The minimum absolute atomic E-state index is 0.0369. The maximum atomic E-state index is 12.2. The highest BCUT2D eigenvalue weighted by Gasteiger charge is 2.30. The van der Waals surface area contributed by atoms with Crippen molar-refractivity contribution >= 4 is 29.1 Å². The Bertz CT molecular complexity index is 1080. The first kappa shape index (κ1) is 19.2. The van der Waals surface area contributed by atoms with E-state index < -0.39 is 0 Å². The van der Waals surface area contributed by atoms with E-state index in [4.69, 9.17) is 4.42 Å². The molecule has 1 amide bonds. The van der Waals surface area contributed by atoms with Crippen LogP contribution in [0.5, 0.6) is 0 Å². The van der Waals surface area contributed by atoms with E-state index in [0.29, 0.717) is 17.3 Å². The average Bonchev–Trinajstić information content (AvgIpc) is 3.30. The number of aryl methyl sites for hydroxylation is 2. The predicted octanol–water partition coefficient (Wildman–Crippen LogP) is 4.73. The second-order valence-electron chi connectivity index (χ2n) is 7.01. The van der Waals surface area contributed by atoms with Crippen LogP contribution in [-0.4, -0.2) is 22.5 Å². The fraction of sp³-hybridized carbons (Fsp3) is 0.174. The second-order valence-corrected chi connectivity index (χ2v) is 8.20. The number of rotatable bonds is 5. The molecular weight excluding hydrogens is 382 g/mol. The molecule has 1 aromatic heterocycles. The molecule has 0 spiro atoms. The maximum Gasteiger partial charge on any atom is 0.239 e. The molecule has 2 aromatic carbocycles. The summed E-state index contributed by atoms with van der Waals surface area (Å²) in [5.74, 6) is 1.35. The van der Waals surface area contributed by atoms with E-state index in [1.165, 1.54) is 22.9 Å². The van der Waals surface area contributed by atoms with Crippen molar-refractivity contribution in [1.29, 1.82) is 0 Å². The van der Waals surface area contributed by atoms with Crippen LogP contribution in [0.25, 0.3) is 11.3 Å². The fourth-order valence-corrected chi connectivity index (χ4v) is 4.04. The summed E-state index contributed by atoms with van der Waals surface area (Å²) in [7, 11) is 0. The summed E-state index contributed by atoms with van der Waals surface area (Å²) in [5, 5.41) is 11.3. The molecule has 146 valence electrons. The Balaban J connectivity index is 1.38. The number of furan rings is 1. The number of hydrogen-bond acceptors (Lipinski definition) is 5. The summed E-state index contributed by atoms with van der Waals surface area (Å²) in [6.45, 7) is 4.10. The summed E-state index contributed by atoms with van der Waals surface area (Å²) in [6, 6.07) is 20.1. The van der Waals surface area contributed by atoms with E-state index in [2.05, 4.69) is 28.5 Å². The van der Waals surface area contributed by atoms with Gasteiger partial charge in [0.2, 0.25) is 5.91 Å². The van der Waals surface area contributed by atoms with Crippen LogP contribution in [0.3, 0.4) is 0 Å². The van der Waals surface area contributed by atoms with E-state index in [-0.39, 0.29) is 11.2 Å². The van der Waals surface area contributed by atoms with Crippen LogP contribution in [-0.2, 0) is 11.2 Å². The Morgan fingerprint density at radius 3 is 2.69 bits per heavy atom. The van der Waals surface area contributed by atoms with Crippen molar-refractivity contribution in [2.24, 2.45) is 10.2 Å². The normalized spacial score (nSPS) is 17.9. The molecule has 1 saturated heterocycles. The molecule has 3 aromatic rings. The Kier molecular flexibility index (Phi) is 5.62. The molecule has 0 radical (unpaired) electrons. The van der Waals surface area contributed by atoms with Gasteiger partial charge in [-0.1, -0.05) is 71.4 Å². The standard InChI is InChI=1S/C23H21N3O2S/c1-15-6-8-18(9-7-15)20-11-10-19(28-20)14-24-26-23-25-22(27)21(29-23)13-17-5-3-4-16(2)12-17/h3-12,14,21H,13H2,1-2H3,(H,25,26,27)/b24-14+. The van der Waals surface area contributed by atoms with Crippen molar-refractivity contribution in [3.05, 3.63) is 83.1 Å². The number of carbonyl (C=O) groups excluding carboxylic acids is 1. The molecule has 1 aliphatic rings. The molecule has 6 heteroatoms. The van der Waals surface area contributed by atoms with Gasteiger partial charge in [-0.15, -0.1) is 5.10 Å². The van der Waals surface area contributed by atoms with Crippen molar-refractivity contribution in [2.45, 2.75) is 25.5 Å². The first-order valence-electron chi connectivity index (χ1n) is 9.38. The van der Waals surface area contributed by atoms with Gasteiger partial charge in [0.1, 0.15) is 11.5 Å². The molecule has 1 unspecified atom stereocenters. The van der Waals surface area contributed by atoms with Gasteiger partial charge in [-0.3, -0.25) is 4.79 Å². The van der Waals surface area contributed by atoms with Gasteiger partial charge in [-0.05, 0) is 38.0 Å². The Hall–Kier alpha value is -3.12. The van der Waals surface area contributed by atoms with Crippen LogP contribution in [0.4, 0.5) is 0 Å². The Morgan fingerprint density at radius 2 is 1.90 bits per heavy atom. The summed E-state index contributed by atoms with van der Waals surface area (Å²) in [4.78, 5) is 12.2. The third-order valence-electron chi connectivity index (χ3n) is 4.58. The predicted molar refractivity (Wildman–Crippen MR) is 118 cm³/mol. The van der Waals surface area contributed by atoms with Crippen LogP contribution >= 0.6 is 11.8 Å². The lowest BCUT2D eigenvalue weighted by molar-refractivity contribution is -0.118. The van der Waals surface area contributed by atoms with Gasteiger partial charge in [0, 0.05) is 5.56 Å². The van der Waals surface area contributed by atoms with Crippen LogP contribution in [0.15, 0.2) is 75.3 Å². The minimum atomic E-state index is -0.192. The number of hydrogen-bond donors (Lipinski definition) is 1. The molecule has 5 nitrogen and oxygen atoms in total. The largest absolute Gasteiger partial charge is 0.455 e. The molecule has 0 saturated carbocycles. The van der Waals surface area contributed by atoms with Crippen molar-refractivity contribution in [2.75, 3.05) is 0 Å². The summed E-state index contributed by atoms with van der Waals surface area (Å²) in [6.07, 6.45) is 2.21. The second kappa shape index (κ2) is 8.49. The molecule has 1 fully saturated rings. The molecule has 29 heavy (non-hydrogen) atoms. The van der Waals surface area contributed by atoms with E-state index in [1.54, 1.807) is 6.21 Å². The minimum Gasteiger partial charge on any atom is -0.455 e. The van der Waals surface area contributed by atoms with Gasteiger partial charge >= 0.3 is 0 Å². The first-order chi connectivity index (χ1) is 14.1. The fourth-order valence-electron chi connectivity index (χ4n) is 3.07. The van der Waals surface area contributed by atoms with Gasteiger partial charge in [-0.25, -0.2) is 0 Å². The molecule has 1 N–H and O–H groups in total. The third-order valence-corrected chi connectivity index (χ3v) is 5.65. The third kappa shape index (κ3) is 4.84. The monoisotopic (exact) mass is 403 g/mol. The molecule has 1 aliphatic heterocycles. The lowest BCUT2D eigenvalue weighted by atomic mass is 10.1. The van der Waals surface area contributed by atoms with Gasteiger partial charge in [-0.2, -0.15) is 5.10 Å². The summed E-state index contributed by atoms with van der Waals surface area (Å²) < 4.78 is 5.79. The SMILES string of the molecule is Cc1ccc(-c2ccc(/C=N/N=C3\NC(=O)C(Cc4cccc(C)c4)S3)o2)cc1. The number of nitrogens with zero attached hydrogens (tertiary/aromatic N) is 2. The van der Waals surface area contributed by atoms with Gasteiger partial charge in [0.05, 0.1) is 11.5 Å². The van der Waals surface area contributed by atoms with Gasteiger partial charge in [0.15, 0.2) is 5.17 Å². The van der Waals surface area contributed by atoms with Gasteiger partial charge < -0.3 is 9.73 Å². The van der Waals surface area contributed by atoms with Crippen LogP contribution < -0.4 is 5.32 Å². The number of amidine groups is 1. The molecule has 0 bridgehead atoms. The van der Waals surface area contributed by atoms with Crippen molar-refractivity contribution in [3.63, 3.8) is 0 Å². The first-order valence-corrected chi connectivity index (χ1v) is 10.3. The molecule has 2 heterocycles. The number of carbonyl (C=O) groups is 1. The number of thioether (sulfide) groups is 1. The number of benzene rings is 2. The van der Waals surface area contributed by atoms with Crippen LogP contribution in [0.2, 0.25) is 0 Å². The summed E-state index contributed by atoms with van der Waals surface area (Å²) >= 11 is 1.40. The smallest absolute Gasteiger partial charge is 0.239 e. The average molecular weight is 404 g/mol. The summed E-state index contributed by atoms with van der Waals surface area (Å²) in [5.41, 5.74) is 4.54. The van der Waals surface area contributed by atoms with Gasteiger partial charge in [0.25, 0.3) is 0 Å². The number of amides is 1. The Labute approximate surface area is 173 Å². The number of nitrogens with one attached hydrogen (secondary N) is 1. The highest BCUT2D eigenvalue weighted by Crippen LogP contribution is 2.24. The van der Waals surface area contributed by atoms with E-state index >= 15 is 0 Å². The highest BCUT2D eigenvalue weighted by molar-refractivity contribution is 8.15. The molecular formula is C23H21N3O2S. The van der Waals surface area contributed by atoms with Crippen LogP contribution in [0.1, 0.15) is 22.5 Å². The lowest BCUT2D eigenvalue weighted by Crippen LogP contribution is -2.25. The van der Waals surface area contributed by atoms with Crippen molar-refractivity contribution in [3.8, 4) is 11.3 Å². The van der Waals surface area contributed by atoms with E-state index in [1.807, 2.05) is 61.5 Å². The molecule has 0 aliphatic carbocycles. The zero-order valence-electron chi connectivity index (χ0n) is 16.3. The quantitative estimate of drug-likeness (QED) is 0.495. The lowest BCUT2D eigenvalue weighted by Gasteiger charge is -2.05. The maximum absolute atomic E-state index is 12.2. The van der Waals surface area contributed by atoms with Crippen molar-refractivity contribution < 1.29 is 9.21 Å². The topological polar surface area (TPSA) is 67.0 Å². The van der Waals surface area contributed by atoms with E-state index in [0.717, 1.165) is 16.9 Å². The zero-order valence-corrected chi connectivity index (χ0v) is 17.1. The Morgan fingerprint density at radius 1 is 1.07 bits per heavy atom.